The second-order valence-electron chi connectivity index (χ2n) is 2.49. The van der Waals surface area contributed by atoms with Crippen molar-refractivity contribution in [1.82, 2.24) is 4.98 Å². The monoisotopic (exact) mass is 170 g/mol. The summed E-state index contributed by atoms with van der Waals surface area (Å²) >= 11 is 0. The molecule has 0 aromatic carbocycles. The van der Waals surface area contributed by atoms with E-state index in [-0.39, 0.29) is 6.42 Å². The van der Waals surface area contributed by atoms with Gasteiger partial charge in [-0.1, -0.05) is 0 Å². The molecule has 5 heteroatoms. The number of hydrogen-bond acceptors (Lipinski definition) is 4. The van der Waals surface area contributed by atoms with Gasteiger partial charge >= 0.3 is 5.97 Å². The number of carboxylic acids is 1. The molecule has 1 aromatic rings. The van der Waals surface area contributed by atoms with Gasteiger partial charge in [0, 0.05) is 13.3 Å². The van der Waals surface area contributed by atoms with Crippen LogP contribution in [0.2, 0.25) is 0 Å². The molecule has 1 atom stereocenters. The van der Waals surface area contributed by atoms with Crippen LogP contribution in [-0.4, -0.2) is 22.1 Å². The normalized spacial score (nSPS) is 12.8. The maximum absolute atomic E-state index is 10.3. The first-order valence-electron chi connectivity index (χ1n) is 3.49. The molecule has 0 bridgehead atoms. The lowest BCUT2D eigenvalue weighted by molar-refractivity contribution is -0.138. The molecule has 1 aromatic heterocycles. The van der Waals surface area contributed by atoms with Crippen LogP contribution in [0.15, 0.2) is 10.6 Å². The van der Waals surface area contributed by atoms with Crippen LogP contribution in [0.4, 0.5) is 0 Å². The molecule has 66 valence electrons. The predicted octanol–water partition coefficient (Wildman–Crippen LogP) is -0.0626. The van der Waals surface area contributed by atoms with Crippen molar-refractivity contribution in [2.75, 3.05) is 0 Å². The van der Waals surface area contributed by atoms with E-state index in [0.29, 0.717) is 11.7 Å². The zero-order valence-electron chi connectivity index (χ0n) is 6.65. The van der Waals surface area contributed by atoms with Crippen LogP contribution in [0.1, 0.15) is 11.7 Å². The maximum Gasteiger partial charge on any atom is 0.320 e. The first kappa shape index (κ1) is 8.73. The summed E-state index contributed by atoms with van der Waals surface area (Å²) in [4.78, 5) is 14.1. The summed E-state index contributed by atoms with van der Waals surface area (Å²) in [7, 11) is 0. The summed E-state index contributed by atoms with van der Waals surface area (Å²) in [6.45, 7) is 1.69. The van der Waals surface area contributed by atoms with Gasteiger partial charge in [0.1, 0.15) is 11.8 Å². The van der Waals surface area contributed by atoms with Crippen molar-refractivity contribution in [3.8, 4) is 0 Å². The molecule has 0 aliphatic heterocycles. The van der Waals surface area contributed by atoms with Gasteiger partial charge in [0.05, 0.1) is 6.20 Å². The lowest BCUT2D eigenvalue weighted by Crippen LogP contribution is -2.32. The van der Waals surface area contributed by atoms with Gasteiger partial charge < -0.3 is 15.3 Å². The van der Waals surface area contributed by atoms with Gasteiger partial charge in [0.25, 0.3) is 0 Å². The fraction of sp³-hybridized carbons (Fsp3) is 0.429. The Balaban J connectivity index is 2.58. The molecule has 0 saturated carbocycles. The average Bonchev–Trinajstić information content (AvgIpc) is 2.35. The van der Waals surface area contributed by atoms with Gasteiger partial charge in [-0.3, -0.25) is 4.79 Å². The van der Waals surface area contributed by atoms with E-state index in [1.165, 1.54) is 6.20 Å². The van der Waals surface area contributed by atoms with E-state index in [4.69, 9.17) is 15.3 Å². The third-order valence-corrected chi connectivity index (χ3v) is 1.41. The molecule has 12 heavy (non-hydrogen) atoms. The van der Waals surface area contributed by atoms with Gasteiger partial charge in [-0.25, -0.2) is 4.98 Å². The van der Waals surface area contributed by atoms with E-state index in [0.717, 1.165) is 0 Å². The highest BCUT2D eigenvalue weighted by Crippen LogP contribution is 2.04. The summed E-state index contributed by atoms with van der Waals surface area (Å²) in [5, 5.41) is 8.46. The van der Waals surface area contributed by atoms with Crippen LogP contribution < -0.4 is 5.73 Å². The predicted molar refractivity (Wildman–Crippen MR) is 40.6 cm³/mol. The smallest absolute Gasteiger partial charge is 0.320 e. The van der Waals surface area contributed by atoms with Crippen molar-refractivity contribution in [1.29, 1.82) is 0 Å². The van der Waals surface area contributed by atoms with Crippen molar-refractivity contribution in [3.63, 3.8) is 0 Å². The third-order valence-electron chi connectivity index (χ3n) is 1.41. The Labute approximate surface area is 69.2 Å². The van der Waals surface area contributed by atoms with E-state index < -0.39 is 12.0 Å². The Morgan fingerprint density at radius 1 is 1.92 bits per heavy atom. The second-order valence-corrected chi connectivity index (χ2v) is 2.49. The minimum Gasteiger partial charge on any atom is -0.480 e. The summed E-state index contributed by atoms with van der Waals surface area (Å²) in [5.41, 5.74) is 5.27. The Bertz CT molecular complexity index is 282. The van der Waals surface area contributed by atoms with Crippen LogP contribution in [0.3, 0.4) is 0 Å². The molecule has 0 spiro atoms. The molecule has 0 aliphatic rings. The number of oxazole rings is 1. The zero-order chi connectivity index (χ0) is 9.14. The van der Waals surface area contributed by atoms with E-state index in [1.54, 1.807) is 6.92 Å². The lowest BCUT2D eigenvalue weighted by atomic mass is 10.2. The molecule has 1 heterocycles. The SMILES string of the molecule is Cc1ncc(CC(N)C(=O)O)o1. The van der Waals surface area contributed by atoms with Gasteiger partial charge in [-0.15, -0.1) is 0 Å². The second kappa shape index (κ2) is 3.36. The van der Waals surface area contributed by atoms with Gasteiger partial charge in [-0.05, 0) is 0 Å². The molecule has 1 unspecified atom stereocenters. The fourth-order valence-corrected chi connectivity index (χ4v) is 0.804. The van der Waals surface area contributed by atoms with E-state index in [9.17, 15) is 4.79 Å². The van der Waals surface area contributed by atoms with Crippen molar-refractivity contribution in [2.45, 2.75) is 19.4 Å². The van der Waals surface area contributed by atoms with Crippen molar-refractivity contribution >= 4 is 5.97 Å². The number of nitrogens with two attached hydrogens (primary N) is 1. The molecule has 0 aliphatic carbocycles. The van der Waals surface area contributed by atoms with Gasteiger partial charge in [0.2, 0.25) is 0 Å². The minimum absolute atomic E-state index is 0.177. The molecular formula is C7H10N2O3. The number of nitrogens with zero attached hydrogens (tertiary/aromatic N) is 1. The molecule has 0 saturated heterocycles. The van der Waals surface area contributed by atoms with Crippen LogP contribution in [0, 0.1) is 6.92 Å². The number of aryl methyl sites for hydroxylation is 1. The highest BCUT2D eigenvalue weighted by molar-refractivity contribution is 5.73. The quantitative estimate of drug-likeness (QED) is 0.663. The van der Waals surface area contributed by atoms with E-state index >= 15 is 0 Å². The fourth-order valence-electron chi connectivity index (χ4n) is 0.804. The average molecular weight is 170 g/mol. The summed E-state index contributed by atoms with van der Waals surface area (Å²) in [6.07, 6.45) is 1.66. The molecule has 0 radical (unpaired) electrons. The number of carbonyl (C=O) groups is 1. The van der Waals surface area contributed by atoms with Crippen molar-refractivity contribution < 1.29 is 14.3 Å². The number of carboxylic acid groups (broad SMARTS) is 1. The topological polar surface area (TPSA) is 89.3 Å². The number of aliphatic carboxylic acids is 1. The van der Waals surface area contributed by atoms with Crippen molar-refractivity contribution in [2.24, 2.45) is 5.73 Å². The standard InChI is InChI=1S/C7H10N2O3/c1-4-9-3-5(12-4)2-6(8)7(10)11/h3,6H,2,8H2,1H3,(H,10,11). The largest absolute Gasteiger partial charge is 0.480 e. The minimum atomic E-state index is -1.04. The van der Waals surface area contributed by atoms with Crippen LogP contribution in [-0.2, 0) is 11.2 Å². The Morgan fingerprint density at radius 2 is 2.58 bits per heavy atom. The zero-order valence-corrected chi connectivity index (χ0v) is 6.65. The highest BCUT2D eigenvalue weighted by atomic mass is 16.4. The van der Waals surface area contributed by atoms with Gasteiger partial charge in [0.15, 0.2) is 5.89 Å². The summed E-state index contributed by atoms with van der Waals surface area (Å²) in [5.74, 6) is -0.0194. The molecular weight excluding hydrogens is 160 g/mol. The number of hydrogen-bond donors (Lipinski definition) is 2. The van der Waals surface area contributed by atoms with Crippen LogP contribution in [0.5, 0.6) is 0 Å². The maximum atomic E-state index is 10.3. The van der Waals surface area contributed by atoms with Crippen molar-refractivity contribution in [3.05, 3.63) is 17.8 Å². The van der Waals surface area contributed by atoms with Crippen LogP contribution >= 0.6 is 0 Å². The number of aromatic nitrogens is 1. The Kier molecular flexibility index (Phi) is 2.44. The molecule has 3 N–H and O–H groups in total. The molecule has 1 rings (SSSR count). The van der Waals surface area contributed by atoms with E-state index in [2.05, 4.69) is 4.98 Å². The molecule has 0 amide bonds. The summed E-state index contributed by atoms with van der Waals surface area (Å²) in [6, 6.07) is -0.919. The molecule has 5 nitrogen and oxygen atoms in total. The number of rotatable bonds is 3. The first-order valence-corrected chi connectivity index (χ1v) is 3.49. The third kappa shape index (κ3) is 2.06. The van der Waals surface area contributed by atoms with Gasteiger partial charge in [-0.2, -0.15) is 0 Å². The molecule has 0 fully saturated rings. The lowest BCUT2D eigenvalue weighted by Gasteiger charge is -2.01. The highest BCUT2D eigenvalue weighted by Gasteiger charge is 2.14. The van der Waals surface area contributed by atoms with Crippen LogP contribution in [0.25, 0.3) is 0 Å². The Hall–Kier alpha value is -1.36. The summed E-state index contributed by atoms with van der Waals surface area (Å²) < 4.78 is 5.05. The first-order chi connectivity index (χ1) is 5.59. The van der Waals surface area contributed by atoms with E-state index in [1.807, 2.05) is 0 Å². The Morgan fingerprint density at radius 3 is 3.00 bits per heavy atom.